The molecule has 2 rings (SSSR count). The van der Waals surface area contributed by atoms with Crippen molar-refractivity contribution in [3.8, 4) is 5.75 Å². The highest BCUT2D eigenvalue weighted by molar-refractivity contribution is 5.31. The predicted molar refractivity (Wildman–Crippen MR) is 65.6 cm³/mol. The molecular weight excluding hydrogens is 200 g/mol. The van der Waals surface area contributed by atoms with Crippen molar-refractivity contribution in [2.75, 3.05) is 27.2 Å². The number of methoxy groups -OCH3 is 1. The lowest BCUT2D eigenvalue weighted by atomic mass is 9.91. The summed E-state index contributed by atoms with van der Waals surface area (Å²) in [4.78, 5) is 0. The quantitative estimate of drug-likeness (QED) is 0.843. The largest absolute Gasteiger partial charge is 0.497 e. The first-order valence-corrected chi connectivity index (χ1v) is 5.89. The fraction of sp³-hybridized carbons (Fsp3) is 0.538. The molecule has 0 aliphatic carbocycles. The van der Waals surface area contributed by atoms with Crippen LogP contribution in [0.3, 0.4) is 0 Å². The summed E-state index contributed by atoms with van der Waals surface area (Å²) in [5, 5.41) is 2.29. The zero-order valence-electron chi connectivity index (χ0n) is 10.1. The normalized spacial score (nSPS) is 22.0. The molecule has 3 nitrogen and oxygen atoms in total. The predicted octanol–water partition coefficient (Wildman–Crippen LogP) is 2.01. The van der Waals surface area contributed by atoms with E-state index in [1.165, 1.54) is 18.4 Å². The first-order valence-electron chi connectivity index (χ1n) is 5.89. The van der Waals surface area contributed by atoms with E-state index >= 15 is 0 Å². The fourth-order valence-corrected chi connectivity index (χ4v) is 2.35. The molecule has 1 heterocycles. The van der Waals surface area contributed by atoms with Gasteiger partial charge in [0.25, 0.3) is 0 Å². The number of piperidine rings is 1. The maximum atomic E-state index is 5.27. The van der Waals surface area contributed by atoms with Crippen LogP contribution in [0.15, 0.2) is 24.3 Å². The lowest BCUT2D eigenvalue weighted by molar-refractivity contribution is 0.154. The summed E-state index contributed by atoms with van der Waals surface area (Å²) in [5.74, 6) is 1.58. The number of hydrazine groups is 1. The number of nitrogens with one attached hydrogen (secondary N) is 1. The summed E-state index contributed by atoms with van der Waals surface area (Å²) >= 11 is 0. The molecule has 0 aromatic heterocycles. The van der Waals surface area contributed by atoms with Crippen molar-refractivity contribution in [2.45, 2.75) is 18.8 Å². The van der Waals surface area contributed by atoms with Crippen molar-refractivity contribution in [3.05, 3.63) is 29.8 Å². The van der Waals surface area contributed by atoms with Crippen molar-refractivity contribution >= 4 is 0 Å². The molecule has 0 bridgehead atoms. The van der Waals surface area contributed by atoms with Crippen molar-refractivity contribution in [1.82, 2.24) is 10.4 Å². The number of hydrogen-bond acceptors (Lipinski definition) is 3. The second kappa shape index (κ2) is 5.32. The number of ether oxygens (including phenoxy) is 1. The van der Waals surface area contributed by atoms with Crippen LogP contribution in [0, 0.1) is 0 Å². The average Bonchev–Trinajstić information content (AvgIpc) is 2.39. The molecule has 3 heteroatoms. The molecule has 1 N–H and O–H groups in total. The van der Waals surface area contributed by atoms with Gasteiger partial charge in [0.1, 0.15) is 5.75 Å². The van der Waals surface area contributed by atoms with E-state index in [0.717, 1.165) is 18.8 Å². The van der Waals surface area contributed by atoms with Crippen LogP contribution in [-0.2, 0) is 0 Å². The van der Waals surface area contributed by atoms with Crippen LogP contribution in [0.5, 0.6) is 5.75 Å². The molecule has 0 radical (unpaired) electrons. The monoisotopic (exact) mass is 220 g/mol. The lowest BCUT2D eigenvalue weighted by Gasteiger charge is -2.32. The number of rotatable bonds is 3. The molecule has 1 aliphatic rings. The molecule has 0 saturated carbocycles. The van der Waals surface area contributed by atoms with Crippen LogP contribution in [-0.4, -0.2) is 32.3 Å². The molecule has 88 valence electrons. The Kier molecular flexibility index (Phi) is 3.80. The Hall–Kier alpha value is -1.06. The van der Waals surface area contributed by atoms with E-state index in [9.17, 15) is 0 Å². The molecule has 0 spiro atoms. The third kappa shape index (κ3) is 2.54. The number of hydrogen-bond donors (Lipinski definition) is 1. The van der Waals surface area contributed by atoms with Gasteiger partial charge in [0.2, 0.25) is 0 Å². The third-order valence-electron chi connectivity index (χ3n) is 3.30. The second-order valence-corrected chi connectivity index (χ2v) is 4.29. The van der Waals surface area contributed by atoms with Crippen LogP contribution in [0.1, 0.15) is 24.3 Å². The summed E-state index contributed by atoms with van der Waals surface area (Å²) in [6, 6.07) is 8.44. The van der Waals surface area contributed by atoms with Crippen LogP contribution in [0.4, 0.5) is 0 Å². The molecule has 1 aromatic carbocycles. The van der Waals surface area contributed by atoms with Gasteiger partial charge in [-0.15, -0.1) is 0 Å². The third-order valence-corrected chi connectivity index (χ3v) is 3.30. The van der Waals surface area contributed by atoms with Gasteiger partial charge >= 0.3 is 0 Å². The Balaban J connectivity index is 2.10. The molecule has 1 aromatic rings. The van der Waals surface area contributed by atoms with Gasteiger partial charge in [-0.25, -0.2) is 5.01 Å². The fourth-order valence-electron chi connectivity index (χ4n) is 2.35. The minimum Gasteiger partial charge on any atom is -0.497 e. The van der Waals surface area contributed by atoms with Gasteiger partial charge in [-0.1, -0.05) is 12.1 Å². The SMILES string of the molecule is CNN1CCCC(c2cccc(OC)c2)C1. The van der Waals surface area contributed by atoms with Gasteiger partial charge in [-0.3, -0.25) is 5.43 Å². The summed E-state index contributed by atoms with van der Waals surface area (Å²) in [7, 11) is 3.72. The van der Waals surface area contributed by atoms with E-state index in [1.54, 1.807) is 7.11 Å². The Morgan fingerprint density at radius 1 is 1.44 bits per heavy atom. The van der Waals surface area contributed by atoms with Crippen molar-refractivity contribution in [1.29, 1.82) is 0 Å². The first kappa shape index (κ1) is 11.4. The summed E-state index contributed by atoms with van der Waals surface area (Å²) in [6.07, 6.45) is 2.52. The van der Waals surface area contributed by atoms with Crippen LogP contribution in [0.25, 0.3) is 0 Å². The van der Waals surface area contributed by atoms with E-state index in [0.29, 0.717) is 5.92 Å². The van der Waals surface area contributed by atoms with Crippen molar-refractivity contribution in [2.24, 2.45) is 0 Å². The van der Waals surface area contributed by atoms with E-state index in [4.69, 9.17) is 4.74 Å². The molecular formula is C13H20N2O. The Morgan fingerprint density at radius 2 is 2.31 bits per heavy atom. The second-order valence-electron chi connectivity index (χ2n) is 4.29. The summed E-state index contributed by atoms with van der Waals surface area (Å²) < 4.78 is 5.27. The number of nitrogens with zero attached hydrogens (tertiary/aromatic N) is 1. The van der Waals surface area contributed by atoms with E-state index in [-0.39, 0.29) is 0 Å². The van der Waals surface area contributed by atoms with Gasteiger partial charge in [0.05, 0.1) is 7.11 Å². The Morgan fingerprint density at radius 3 is 3.06 bits per heavy atom. The van der Waals surface area contributed by atoms with Gasteiger partial charge in [0, 0.05) is 13.1 Å². The van der Waals surface area contributed by atoms with Crippen LogP contribution < -0.4 is 10.2 Å². The van der Waals surface area contributed by atoms with Gasteiger partial charge in [0.15, 0.2) is 0 Å². The highest BCUT2D eigenvalue weighted by atomic mass is 16.5. The zero-order chi connectivity index (χ0) is 11.4. The maximum absolute atomic E-state index is 5.27. The lowest BCUT2D eigenvalue weighted by Crippen LogP contribution is -2.42. The minimum atomic E-state index is 0.622. The van der Waals surface area contributed by atoms with Crippen molar-refractivity contribution < 1.29 is 4.74 Å². The zero-order valence-corrected chi connectivity index (χ0v) is 10.1. The topological polar surface area (TPSA) is 24.5 Å². The molecule has 0 amide bonds. The average molecular weight is 220 g/mol. The van der Waals surface area contributed by atoms with Crippen LogP contribution >= 0.6 is 0 Å². The minimum absolute atomic E-state index is 0.622. The Bertz CT molecular complexity index is 340. The van der Waals surface area contributed by atoms with E-state index in [2.05, 4.69) is 28.6 Å². The molecule has 1 unspecified atom stereocenters. The molecule has 16 heavy (non-hydrogen) atoms. The van der Waals surface area contributed by atoms with Gasteiger partial charge in [-0.05, 0) is 43.5 Å². The number of benzene rings is 1. The maximum Gasteiger partial charge on any atom is 0.119 e. The Labute approximate surface area is 97.4 Å². The highest BCUT2D eigenvalue weighted by Gasteiger charge is 2.20. The molecule has 1 atom stereocenters. The van der Waals surface area contributed by atoms with Gasteiger partial charge < -0.3 is 4.74 Å². The van der Waals surface area contributed by atoms with Crippen molar-refractivity contribution in [3.63, 3.8) is 0 Å². The first-order chi connectivity index (χ1) is 7.83. The van der Waals surface area contributed by atoms with E-state index < -0.39 is 0 Å². The van der Waals surface area contributed by atoms with Crippen LogP contribution in [0.2, 0.25) is 0 Å². The summed E-state index contributed by atoms with van der Waals surface area (Å²) in [6.45, 7) is 2.24. The standard InChI is InChI=1S/C13H20N2O/c1-14-15-8-4-6-12(10-15)11-5-3-7-13(9-11)16-2/h3,5,7,9,12,14H,4,6,8,10H2,1-2H3. The van der Waals surface area contributed by atoms with Gasteiger partial charge in [-0.2, -0.15) is 0 Å². The molecule has 1 fully saturated rings. The molecule has 1 aliphatic heterocycles. The van der Waals surface area contributed by atoms with E-state index in [1.807, 2.05) is 13.1 Å². The molecule has 1 saturated heterocycles. The summed E-state index contributed by atoms with van der Waals surface area (Å²) in [5.41, 5.74) is 4.62. The smallest absolute Gasteiger partial charge is 0.119 e. The highest BCUT2D eigenvalue weighted by Crippen LogP contribution is 2.28.